The molecule has 1 saturated heterocycles. The number of nitrogens with zero attached hydrogens (tertiary/aromatic N) is 2. The normalized spacial score (nSPS) is 16.5. The lowest BCUT2D eigenvalue weighted by atomic mass is 9.91. The summed E-state index contributed by atoms with van der Waals surface area (Å²) in [4.78, 5) is 17.5. The second-order valence-electron chi connectivity index (χ2n) is 9.10. The van der Waals surface area contributed by atoms with Crippen LogP contribution in [0.2, 0.25) is 0 Å². The molecule has 33 heavy (non-hydrogen) atoms. The summed E-state index contributed by atoms with van der Waals surface area (Å²) in [5.74, 6) is 0.298. The largest absolute Gasteiger partial charge is 0.398 e. The molecular formula is C28H34N4O. The number of hydrogen-bond acceptors (Lipinski definition) is 4. The Hall–Kier alpha value is -3.31. The zero-order valence-corrected chi connectivity index (χ0v) is 19.6. The SMILES string of the molecule is CN(C)c1ccc(N)c(C(=O)NCC2CCCN(C(c3ccccc3)c3ccccc3)C2)c1. The molecule has 0 bridgehead atoms. The number of carbonyl (C=O) groups is 1. The number of carbonyl (C=O) groups excluding carboxylic acids is 1. The van der Waals surface area contributed by atoms with E-state index in [1.54, 1.807) is 6.07 Å². The summed E-state index contributed by atoms with van der Waals surface area (Å²) in [6.45, 7) is 2.65. The number of nitrogens with two attached hydrogens (primary N) is 1. The predicted molar refractivity (Wildman–Crippen MR) is 137 cm³/mol. The molecule has 1 amide bonds. The standard InChI is InChI=1S/C28H34N4O/c1-31(2)24-15-16-26(29)25(18-24)28(33)30-19-21-10-9-17-32(20-21)27(22-11-5-3-6-12-22)23-13-7-4-8-14-23/h3-8,11-16,18,21,27H,9-10,17,19-20,29H2,1-2H3,(H,30,33). The van der Waals surface area contributed by atoms with Crippen LogP contribution < -0.4 is 16.0 Å². The smallest absolute Gasteiger partial charge is 0.253 e. The van der Waals surface area contributed by atoms with Crippen LogP contribution in [0, 0.1) is 5.92 Å². The minimum Gasteiger partial charge on any atom is -0.398 e. The monoisotopic (exact) mass is 442 g/mol. The third-order valence-electron chi connectivity index (χ3n) is 6.50. The number of nitrogen functional groups attached to an aromatic ring is 1. The highest BCUT2D eigenvalue weighted by Gasteiger charge is 2.28. The fourth-order valence-corrected chi connectivity index (χ4v) is 4.73. The highest BCUT2D eigenvalue weighted by atomic mass is 16.1. The van der Waals surface area contributed by atoms with Crippen molar-refractivity contribution in [2.45, 2.75) is 18.9 Å². The second kappa shape index (κ2) is 10.5. The summed E-state index contributed by atoms with van der Waals surface area (Å²) in [7, 11) is 3.92. The molecule has 1 heterocycles. The maximum absolute atomic E-state index is 12.9. The minimum absolute atomic E-state index is 0.101. The van der Waals surface area contributed by atoms with E-state index in [9.17, 15) is 4.79 Å². The molecule has 1 unspecified atom stereocenters. The van der Waals surface area contributed by atoms with Gasteiger partial charge in [-0.25, -0.2) is 0 Å². The lowest BCUT2D eigenvalue weighted by Crippen LogP contribution is -2.43. The topological polar surface area (TPSA) is 61.6 Å². The van der Waals surface area contributed by atoms with Gasteiger partial charge in [-0.3, -0.25) is 9.69 Å². The van der Waals surface area contributed by atoms with Crippen LogP contribution in [0.3, 0.4) is 0 Å². The molecule has 1 fully saturated rings. The lowest BCUT2D eigenvalue weighted by Gasteiger charge is -2.39. The van der Waals surface area contributed by atoms with Gasteiger partial charge in [0.2, 0.25) is 0 Å². The molecule has 5 heteroatoms. The molecule has 1 aliphatic heterocycles. The van der Waals surface area contributed by atoms with Gasteiger partial charge in [-0.05, 0) is 54.6 Å². The van der Waals surface area contributed by atoms with Gasteiger partial charge in [-0.2, -0.15) is 0 Å². The van der Waals surface area contributed by atoms with Gasteiger partial charge < -0.3 is 16.0 Å². The molecule has 3 aromatic rings. The van der Waals surface area contributed by atoms with Gasteiger partial charge in [0.1, 0.15) is 0 Å². The summed E-state index contributed by atoms with van der Waals surface area (Å²) in [6.07, 6.45) is 2.23. The Balaban J connectivity index is 1.46. The van der Waals surface area contributed by atoms with Gasteiger partial charge >= 0.3 is 0 Å². The number of likely N-dealkylation sites (tertiary alicyclic amines) is 1. The van der Waals surface area contributed by atoms with Gasteiger partial charge in [-0.15, -0.1) is 0 Å². The van der Waals surface area contributed by atoms with Crippen LogP contribution in [-0.4, -0.2) is 44.5 Å². The van der Waals surface area contributed by atoms with Crippen molar-refractivity contribution in [2.24, 2.45) is 5.92 Å². The summed E-state index contributed by atoms with van der Waals surface area (Å²) in [6, 6.07) is 27.2. The Labute approximate surface area is 197 Å². The van der Waals surface area contributed by atoms with E-state index in [1.165, 1.54) is 11.1 Å². The summed E-state index contributed by atoms with van der Waals surface area (Å²) < 4.78 is 0. The molecule has 1 aliphatic rings. The average Bonchev–Trinajstić information content (AvgIpc) is 2.84. The molecule has 0 aliphatic carbocycles. The van der Waals surface area contributed by atoms with Crippen molar-refractivity contribution < 1.29 is 4.79 Å². The molecule has 0 spiro atoms. The average molecular weight is 443 g/mol. The third-order valence-corrected chi connectivity index (χ3v) is 6.50. The number of amides is 1. The number of anilines is 2. The molecule has 0 aromatic heterocycles. The van der Waals surface area contributed by atoms with Crippen molar-refractivity contribution in [3.63, 3.8) is 0 Å². The first-order valence-corrected chi connectivity index (χ1v) is 11.7. The quantitative estimate of drug-likeness (QED) is 0.527. The first-order chi connectivity index (χ1) is 16.0. The molecule has 3 N–H and O–H groups in total. The Bertz CT molecular complexity index is 1010. The highest BCUT2D eigenvalue weighted by molar-refractivity contribution is 6.00. The Kier molecular flexibility index (Phi) is 7.30. The molecule has 172 valence electrons. The summed E-state index contributed by atoms with van der Waals surface area (Å²) >= 11 is 0. The van der Waals surface area contributed by atoms with Crippen LogP contribution in [0.5, 0.6) is 0 Å². The second-order valence-corrected chi connectivity index (χ2v) is 9.10. The third kappa shape index (κ3) is 5.55. The van der Waals surface area contributed by atoms with E-state index < -0.39 is 0 Å². The number of benzene rings is 3. The van der Waals surface area contributed by atoms with Crippen molar-refractivity contribution in [1.82, 2.24) is 10.2 Å². The number of nitrogens with one attached hydrogen (secondary N) is 1. The van der Waals surface area contributed by atoms with E-state index >= 15 is 0 Å². The van der Waals surface area contributed by atoms with Crippen LogP contribution in [0.15, 0.2) is 78.9 Å². The number of piperidine rings is 1. The van der Waals surface area contributed by atoms with E-state index in [1.807, 2.05) is 31.1 Å². The van der Waals surface area contributed by atoms with Gasteiger partial charge in [0, 0.05) is 38.6 Å². The fraction of sp³-hybridized carbons (Fsp3) is 0.321. The van der Waals surface area contributed by atoms with Crippen LogP contribution in [0.1, 0.15) is 40.4 Å². The van der Waals surface area contributed by atoms with E-state index in [4.69, 9.17) is 5.73 Å². The van der Waals surface area contributed by atoms with Gasteiger partial charge in [0.25, 0.3) is 5.91 Å². The fourth-order valence-electron chi connectivity index (χ4n) is 4.73. The van der Waals surface area contributed by atoms with Crippen LogP contribution >= 0.6 is 0 Å². The molecule has 3 aromatic carbocycles. The minimum atomic E-state index is -0.101. The van der Waals surface area contributed by atoms with Crippen molar-refractivity contribution in [3.8, 4) is 0 Å². The summed E-state index contributed by atoms with van der Waals surface area (Å²) in [5.41, 5.74) is 10.7. The molecule has 0 saturated carbocycles. The Morgan fingerprint density at radius 1 is 1.03 bits per heavy atom. The highest BCUT2D eigenvalue weighted by Crippen LogP contribution is 2.32. The predicted octanol–water partition coefficient (Wildman–Crippen LogP) is 4.57. The Morgan fingerprint density at radius 3 is 2.27 bits per heavy atom. The zero-order valence-electron chi connectivity index (χ0n) is 19.6. The molecule has 0 radical (unpaired) electrons. The zero-order chi connectivity index (χ0) is 23.2. The Morgan fingerprint density at radius 2 is 1.67 bits per heavy atom. The van der Waals surface area contributed by atoms with E-state index in [0.29, 0.717) is 23.7 Å². The van der Waals surface area contributed by atoms with Crippen LogP contribution in [-0.2, 0) is 0 Å². The van der Waals surface area contributed by atoms with E-state index in [2.05, 4.69) is 70.9 Å². The maximum Gasteiger partial charge on any atom is 0.253 e. The summed E-state index contributed by atoms with van der Waals surface area (Å²) in [5, 5.41) is 3.15. The number of rotatable bonds is 7. The first-order valence-electron chi connectivity index (χ1n) is 11.7. The number of hydrogen-bond donors (Lipinski definition) is 2. The van der Waals surface area contributed by atoms with Crippen LogP contribution in [0.4, 0.5) is 11.4 Å². The van der Waals surface area contributed by atoms with Gasteiger partial charge in [-0.1, -0.05) is 60.7 Å². The van der Waals surface area contributed by atoms with Gasteiger partial charge in [0.15, 0.2) is 0 Å². The lowest BCUT2D eigenvalue weighted by molar-refractivity contribution is 0.0923. The molecule has 4 rings (SSSR count). The maximum atomic E-state index is 12.9. The molecular weight excluding hydrogens is 408 g/mol. The molecule has 1 atom stereocenters. The van der Waals surface area contributed by atoms with Crippen LogP contribution in [0.25, 0.3) is 0 Å². The van der Waals surface area contributed by atoms with Crippen molar-refractivity contribution in [1.29, 1.82) is 0 Å². The van der Waals surface area contributed by atoms with Crippen molar-refractivity contribution in [3.05, 3.63) is 95.6 Å². The molecule has 5 nitrogen and oxygen atoms in total. The van der Waals surface area contributed by atoms with Gasteiger partial charge in [0.05, 0.1) is 11.6 Å². The van der Waals surface area contributed by atoms with Crippen molar-refractivity contribution in [2.75, 3.05) is 44.4 Å². The first kappa shape index (κ1) is 22.9. The van der Waals surface area contributed by atoms with E-state index in [0.717, 1.165) is 31.6 Å². The van der Waals surface area contributed by atoms with E-state index in [-0.39, 0.29) is 11.9 Å². The van der Waals surface area contributed by atoms with Crippen molar-refractivity contribution >= 4 is 17.3 Å².